The molecule has 0 bridgehead atoms. The Labute approximate surface area is 117 Å². The molecule has 0 aromatic heterocycles. The zero-order chi connectivity index (χ0) is 14.3. The number of likely N-dealkylation sites (N-methyl/N-ethyl adjacent to an activating group) is 1. The van der Waals surface area contributed by atoms with Crippen molar-refractivity contribution in [3.8, 4) is 5.75 Å². The van der Waals surface area contributed by atoms with Gasteiger partial charge in [0.1, 0.15) is 18.5 Å². The van der Waals surface area contributed by atoms with E-state index in [1.165, 1.54) is 0 Å². The van der Waals surface area contributed by atoms with Crippen LogP contribution in [0.25, 0.3) is 0 Å². The van der Waals surface area contributed by atoms with Crippen molar-refractivity contribution in [3.05, 3.63) is 29.8 Å². The second-order valence-corrected chi connectivity index (χ2v) is 5.68. The number of aliphatic hydroxyl groups is 1. The molecule has 0 saturated heterocycles. The molecule has 1 unspecified atom stereocenters. The Bertz CT molecular complexity index is 366. The van der Waals surface area contributed by atoms with Crippen LogP contribution in [0.4, 0.5) is 0 Å². The number of hydrogen-bond acceptors (Lipinski definition) is 3. The summed E-state index contributed by atoms with van der Waals surface area (Å²) in [6, 6.07) is 7.88. The molecule has 1 aromatic rings. The van der Waals surface area contributed by atoms with Gasteiger partial charge in [-0.05, 0) is 44.5 Å². The van der Waals surface area contributed by atoms with Crippen molar-refractivity contribution < 1.29 is 9.84 Å². The molecular formula is C16H27NO2. The fourth-order valence-electron chi connectivity index (χ4n) is 1.89. The molecule has 0 heterocycles. The van der Waals surface area contributed by atoms with Crippen molar-refractivity contribution in [2.45, 2.75) is 33.3 Å². The monoisotopic (exact) mass is 265 g/mol. The number of aliphatic hydroxyl groups excluding tert-OH is 1. The topological polar surface area (TPSA) is 32.7 Å². The predicted octanol–water partition coefficient (Wildman–Crippen LogP) is 2.71. The molecule has 0 radical (unpaired) electrons. The summed E-state index contributed by atoms with van der Waals surface area (Å²) >= 11 is 0. The lowest BCUT2D eigenvalue weighted by atomic mass is 10.1. The lowest BCUT2D eigenvalue weighted by Gasteiger charge is -2.21. The number of nitrogens with zero attached hydrogens (tertiary/aromatic N) is 1. The van der Waals surface area contributed by atoms with Gasteiger partial charge in [-0.2, -0.15) is 0 Å². The molecule has 0 spiro atoms. The second-order valence-electron chi connectivity index (χ2n) is 5.68. The molecule has 0 amide bonds. The zero-order valence-corrected chi connectivity index (χ0v) is 12.6. The van der Waals surface area contributed by atoms with Crippen molar-refractivity contribution >= 4 is 0 Å². The van der Waals surface area contributed by atoms with Crippen LogP contribution in [0, 0.1) is 12.8 Å². The van der Waals surface area contributed by atoms with Gasteiger partial charge in [-0.3, -0.25) is 0 Å². The van der Waals surface area contributed by atoms with Crippen molar-refractivity contribution in [1.29, 1.82) is 0 Å². The Morgan fingerprint density at radius 3 is 2.58 bits per heavy atom. The number of ether oxygens (including phenoxy) is 1. The highest BCUT2D eigenvalue weighted by molar-refractivity contribution is 5.31. The van der Waals surface area contributed by atoms with E-state index in [1.54, 1.807) is 0 Å². The highest BCUT2D eigenvalue weighted by Gasteiger charge is 2.10. The van der Waals surface area contributed by atoms with Gasteiger partial charge < -0.3 is 14.7 Å². The van der Waals surface area contributed by atoms with Crippen LogP contribution >= 0.6 is 0 Å². The summed E-state index contributed by atoms with van der Waals surface area (Å²) in [5.41, 5.74) is 1.10. The Hall–Kier alpha value is -1.06. The van der Waals surface area contributed by atoms with Gasteiger partial charge in [0, 0.05) is 6.54 Å². The average molecular weight is 265 g/mol. The second kappa shape index (κ2) is 8.18. The molecular weight excluding hydrogens is 238 g/mol. The molecule has 0 aliphatic heterocycles. The number of aryl methyl sites for hydroxylation is 1. The van der Waals surface area contributed by atoms with E-state index >= 15 is 0 Å². The van der Waals surface area contributed by atoms with Crippen LogP contribution in [0.2, 0.25) is 0 Å². The first-order chi connectivity index (χ1) is 8.99. The normalized spacial score (nSPS) is 13.0. The maximum Gasteiger partial charge on any atom is 0.122 e. The fourth-order valence-corrected chi connectivity index (χ4v) is 1.89. The van der Waals surface area contributed by atoms with Gasteiger partial charge in [-0.1, -0.05) is 32.0 Å². The van der Waals surface area contributed by atoms with E-state index in [-0.39, 0.29) is 0 Å². The minimum absolute atomic E-state index is 0.344. The third-order valence-corrected chi connectivity index (χ3v) is 3.14. The van der Waals surface area contributed by atoms with E-state index in [0.29, 0.717) is 19.1 Å². The maximum atomic E-state index is 9.97. The summed E-state index contributed by atoms with van der Waals surface area (Å²) in [6.45, 7) is 8.45. The summed E-state index contributed by atoms with van der Waals surface area (Å²) in [6.07, 6.45) is 0.707. The largest absolute Gasteiger partial charge is 0.491 e. The molecule has 108 valence electrons. The van der Waals surface area contributed by atoms with Crippen molar-refractivity contribution in [2.75, 3.05) is 26.7 Å². The van der Waals surface area contributed by atoms with E-state index in [2.05, 4.69) is 18.7 Å². The standard InChI is InChI=1S/C16H27NO2/c1-13(2)9-10-17(4)11-15(18)12-19-16-8-6-5-7-14(16)3/h5-8,13,15,18H,9-12H2,1-4H3. The highest BCUT2D eigenvalue weighted by Crippen LogP contribution is 2.16. The van der Waals surface area contributed by atoms with Crippen LogP contribution in [-0.2, 0) is 0 Å². The number of para-hydroxylation sites is 1. The lowest BCUT2D eigenvalue weighted by molar-refractivity contribution is 0.0749. The van der Waals surface area contributed by atoms with Gasteiger partial charge in [0.15, 0.2) is 0 Å². The molecule has 1 aromatic carbocycles. The van der Waals surface area contributed by atoms with Crippen LogP contribution in [-0.4, -0.2) is 42.9 Å². The fraction of sp³-hybridized carbons (Fsp3) is 0.625. The Kier molecular flexibility index (Phi) is 6.89. The van der Waals surface area contributed by atoms with E-state index < -0.39 is 6.10 Å². The number of hydrogen-bond donors (Lipinski definition) is 1. The van der Waals surface area contributed by atoms with E-state index in [1.807, 2.05) is 38.2 Å². The Balaban J connectivity index is 2.28. The maximum absolute atomic E-state index is 9.97. The third kappa shape index (κ3) is 6.60. The van der Waals surface area contributed by atoms with Crippen LogP contribution in [0.3, 0.4) is 0 Å². The van der Waals surface area contributed by atoms with Crippen LogP contribution in [0.1, 0.15) is 25.8 Å². The van der Waals surface area contributed by atoms with Crippen LogP contribution in [0.5, 0.6) is 5.75 Å². The van der Waals surface area contributed by atoms with Crippen molar-refractivity contribution in [2.24, 2.45) is 5.92 Å². The van der Waals surface area contributed by atoms with Crippen LogP contribution < -0.4 is 4.74 Å². The highest BCUT2D eigenvalue weighted by atomic mass is 16.5. The van der Waals surface area contributed by atoms with E-state index in [4.69, 9.17) is 4.74 Å². The molecule has 0 aliphatic carbocycles. The summed E-state index contributed by atoms with van der Waals surface area (Å²) in [5.74, 6) is 1.55. The molecule has 1 atom stereocenters. The average Bonchev–Trinajstić information content (AvgIpc) is 2.35. The lowest BCUT2D eigenvalue weighted by Crippen LogP contribution is -2.34. The van der Waals surface area contributed by atoms with Gasteiger partial charge in [0.05, 0.1) is 0 Å². The van der Waals surface area contributed by atoms with Crippen molar-refractivity contribution in [3.63, 3.8) is 0 Å². The summed E-state index contributed by atoms with van der Waals surface area (Å²) in [4.78, 5) is 2.16. The summed E-state index contributed by atoms with van der Waals surface area (Å²) in [5, 5.41) is 9.97. The number of rotatable bonds is 8. The van der Waals surface area contributed by atoms with Gasteiger partial charge in [-0.25, -0.2) is 0 Å². The van der Waals surface area contributed by atoms with E-state index in [9.17, 15) is 5.11 Å². The zero-order valence-electron chi connectivity index (χ0n) is 12.6. The molecule has 0 aliphatic rings. The summed E-state index contributed by atoms with van der Waals surface area (Å²) < 4.78 is 5.65. The minimum atomic E-state index is -0.447. The SMILES string of the molecule is Cc1ccccc1OCC(O)CN(C)CCC(C)C. The number of benzene rings is 1. The molecule has 19 heavy (non-hydrogen) atoms. The minimum Gasteiger partial charge on any atom is -0.491 e. The van der Waals surface area contributed by atoms with Gasteiger partial charge >= 0.3 is 0 Å². The first-order valence-corrected chi connectivity index (χ1v) is 7.04. The third-order valence-electron chi connectivity index (χ3n) is 3.14. The van der Waals surface area contributed by atoms with Crippen molar-refractivity contribution in [1.82, 2.24) is 4.90 Å². The first-order valence-electron chi connectivity index (χ1n) is 7.04. The van der Waals surface area contributed by atoms with Gasteiger partial charge in [0.2, 0.25) is 0 Å². The molecule has 0 saturated carbocycles. The molecule has 0 fully saturated rings. The van der Waals surface area contributed by atoms with Gasteiger partial charge in [-0.15, -0.1) is 0 Å². The van der Waals surface area contributed by atoms with Crippen LogP contribution in [0.15, 0.2) is 24.3 Å². The molecule has 3 nitrogen and oxygen atoms in total. The molecule has 1 N–H and O–H groups in total. The molecule has 1 rings (SSSR count). The Morgan fingerprint density at radius 1 is 1.26 bits per heavy atom. The summed E-state index contributed by atoms with van der Waals surface area (Å²) in [7, 11) is 2.04. The van der Waals surface area contributed by atoms with Gasteiger partial charge in [0.25, 0.3) is 0 Å². The Morgan fingerprint density at radius 2 is 1.95 bits per heavy atom. The first kappa shape index (κ1) is 16.0. The quantitative estimate of drug-likeness (QED) is 0.784. The molecule has 3 heteroatoms. The smallest absolute Gasteiger partial charge is 0.122 e. The van der Waals surface area contributed by atoms with E-state index in [0.717, 1.165) is 24.3 Å². The predicted molar refractivity (Wildman–Crippen MR) is 79.6 cm³/mol.